The van der Waals surface area contributed by atoms with Gasteiger partial charge in [-0.3, -0.25) is 4.68 Å². The van der Waals surface area contributed by atoms with E-state index in [0.29, 0.717) is 35.0 Å². The Morgan fingerprint density at radius 2 is 1.93 bits per heavy atom. The molecule has 0 amide bonds. The Balaban J connectivity index is 0.00000387. The van der Waals surface area contributed by atoms with E-state index < -0.39 is 30.8 Å². The molecule has 0 aliphatic carbocycles. The molecule has 1 aromatic carbocycles. The van der Waals surface area contributed by atoms with Crippen LogP contribution >= 0.6 is 12.4 Å². The number of anilines is 3. The van der Waals surface area contributed by atoms with Crippen molar-refractivity contribution in [1.82, 2.24) is 24.7 Å². The lowest BCUT2D eigenvalue weighted by atomic mass is 10.0. The molecule has 1 saturated heterocycles. The first-order valence-electron chi connectivity index (χ1n) is 12.3. The van der Waals surface area contributed by atoms with E-state index in [1.54, 1.807) is 23.1 Å². The second kappa shape index (κ2) is 12.2. The maximum absolute atomic E-state index is 14.6. The van der Waals surface area contributed by atoms with Gasteiger partial charge in [-0.05, 0) is 24.6 Å². The number of hydrogen-bond donors (Lipinski definition) is 2. The number of ether oxygens (including phenoxy) is 1. The normalized spacial score (nSPS) is 17.2. The summed E-state index contributed by atoms with van der Waals surface area (Å²) in [5, 5.41) is 6.86. The third-order valence-electron chi connectivity index (χ3n) is 6.27. The van der Waals surface area contributed by atoms with E-state index in [1.807, 2.05) is 0 Å². The van der Waals surface area contributed by atoms with Crippen LogP contribution in [0.25, 0.3) is 22.5 Å². The lowest BCUT2D eigenvalue weighted by Gasteiger charge is -2.35. The van der Waals surface area contributed by atoms with Gasteiger partial charge in [-0.2, -0.15) is 18.3 Å². The van der Waals surface area contributed by atoms with Crippen molar-refractivity contribution in [2.24, 2.45) is 5.73 Å². The topological polar surface area (TPSA) is 107 Å². The molecule has 0 unspecified atom stereocenters. The number of alkyl halides is 4. The molecule has 15 heteroatoms. The van der Waals surface area contributed by atoms with Gasteiger partial charge in [-0.1, -0.05) is 6.07 Å². The van der Waals surface area contributed by atoms with Crippen molar-refractivity contribution in [3.63, 3.8) is 0 Å². The Morgan fingerprint density at radius 3 is 2.66 bits per heavy atom. The molecule has 3 N–H and O–H groups in total. The molecule has 2 atom stereocenters. The molecule has 1 fully saturated rings. The molecule has 0 radical (unpaired) electrons. The van der Waals surface area contributed by atoms with Crippen molar-refractivity contribution >= 4 is 29.7 Å². The second-order valence-corrected chi connectivity index (χ2v) is 9.33. The second-order valence-electron chi connectivity index (χ2n) is 9.33. The van der Waals surface area contributed by atoms with Crippen molar-refractivity contribution < 1.29 is 26.7 Å². The first kappa shape index (κ1) is 29.9. The number of aromatic nitrogens is 5. The quantitative estimate of drug-likeness (QED) is 0.282. The zero-order valence-electron chi connectivity index (χ0n) is 21.6. The van der Waals surface area contributed by atoms with Gasteiger partial charge in [0.05, 0.1) is 24.6 Å². The number of methoxy groups -OCH3 is 1. The monoisotopic (exact) mass is 596 g/mol. The van der Waals surface area contributed by atoms with Gasteiger partial charge < -0.3 is 20.7 Å². The Hall–Kier alpha value is -4.04. The Morgan fingerprint density at radius 1 is 1.12 bits per heavy atom. The van der Waals surface area contributed by atoms with Crippen LogP contribution in [0.2, 0.25) is 0 Å². The number of hydrogen-bond acceptors (Lipinski definition) is 8. The number of rotatable bonds is 7. The molecular formula is C26H26ClF5N8O. The van der Waals surface area contributed by atoms with Gasteiger partial charge in [0.2, 0.25) is 0 Å². The van der Waals surface area contributed by atoms with Gasteiger partial charge in [0.15, 0.2) is 5.82 Å². The highest BCUT2D eigenvalue weighted by Crippen LogP contribution is 2.35. The summed E-state index contributed by atoms with van der Waals surface area (Å²) >= 11 is 0. The summed E-state index contributed by atoms with van der Waals surface area (Å²) in [6.45, 7) is -0.872. The third-order valence-corrected chi connectivity index (χ3v) is 6.27. The van der Waals surface area contributed by atoms with E-state index in [0.717, 1.165) is 4.68 Å². The first-order valence-corrected chi connectivity index (χ1v) is 12.3. The molecule has 0 saturated carbocycles. The lowest BCUT2D eigenvalue weighted by molar-refractivity contribution is -0.142. The van der Waals surface area contributed by atoms with Crippen LogP contribution in [0.5, 0.6) is 5.75 Å². The third kappa shape index (κ3) is 7.00. The molecule has 218 valence electrons. The number of benzene rings is 1. The number of piperidine rings is 1. The minimum atomic E-state index is -4.44. The fraction of sp³-hybridized carbons (Fsp3) is 0.308. The number of pyridine rings is 1. The Labute approximate surface area is 238 Å². The van der Waals surface area contributed by atoms with E-state index in [9.17, 15) is 22.0 Å². The van der Waals surface area contributed by atoms with Crippen LogP contribution in [0.1, 0.15) is 6.42 Å². The van der Waals surface area contributed by atoms with Gasteiger partial charge in [0.1, 0.15) is 35.9 Å². The molecule has 0 bridgehead atoms. The molecule has 0 spiro atoms. The van der Waals surface area contributed by atoms with Gasteiger partial charge in [-0.15, -0.1) is 12.4 Å². The predicted molar refractivity (Wildman–Crippen MR) is 146 cm³/mol. The molecule has 3 aromatic heterocycles. The minimum absolute atomic E-state index is 0. The average Bonchev–Trinajstić information content (AvgIpc) is 3.34. The van der Waals surface area contributed by atoms with Crippen LogP contribution in [-0.4, -0.2) is 63.3 Å². The smallest absolute Gasteiger partial charge is 0.408 e. The van der Waals surface area contributed by atoms with Gasteiger partial charge in [-0.25, -0.2) is 23.7 Å². The van der Waals surface area contributed by atoms with Crippen LogP contribution in [0.3, 0.4) is 0 Å². The Kier molecular flexibility index (Phi) is 8.92. The summed E-state index contributed by atoms with van der Waals surface area (Å²) in [6, 6.07) is 7.12. The first-order chi connectivity index (χ1) is 19.1. The van der Waals surface area contributed by atoms with E-state index in [2.05, 4.69) is 25.4 Å². The minimum Gasteiger partial charge on any atom is -0.496 e. The highest BCUT2D eigenvalue weighted by Gasteiger charge is 2.30. The van der Waals surface area contributed by atoms with Gasteiger partial charge in [0, 0.05) is 54.9 Å². The summed E-state index contributed by atoms with van der Waals surface area (Å²) in [4.78, 5) is 14.7. The van der Waals surface area contributed by atoms with E-state index >= 15 is 0 Å². The van der Waals surface area contributed by atoms with E-state index in [-0.39, 0.29) is 42.5 Å². The SMILES string of the molecule is COc1cccc(F)c1-c1nccc(Nc2cc(N3C[C@@H](N)C[C@H](F)C3)c(-c3cnn(CC(F)(F)F)c3)cn2)n1.Cl. The number of nitrogens with zero attached hydrogens (tertiary/aromatic N) is 6. The van der Waals surface area contributed by atoms with Crippen LogP contribution in [0.4, 0.5) is 39.3 Å². The zero-order chi connectivity index (χ0) is 28.4. The molecule has 4 heterocycles. The number of nitrogens with one attached hydrogen (secondary N) is 1. The summed E-state index contributed by atoms with van der Waals surface area (Å²) in [5.74, 6) is 0.375. The van der Waals surface area contributed by atoms with Crippen molar-refractivity contribution in [1.29, 1.82) is 0 Å². The predicted octanol–water partition coefficient (Wildman–Crippen LogP) is 5.15. The molecule has 4 aromatic rings. The molecule has 1 aliphatic rings. The molecular weight excluding hydrogens is 571 g/mol. The maximum Gasteiger partial charge on any atom is 0.408 e. The lowest BCUT2D eigenvalue weighted by Crippen LogP contribution is -2.48. The standard InChI is InChI=1S/C26H25F5N8O.ClH/c1-40-21-4-2-3-19(28)24(21)25-33-6-5-22(37-25)36-23-8-20(38-12-16(27)7-17(32)13-38)18(10-34-23)15-9-35-39(11-15)14-26(29,30)31;/h2-6,8-11,16-17H,7,12-14,32H2,1H3,(H,33,34,36,37);1H/t16-,17-;/m0./s1. The van der Waals surface area contributed by atoms with Gasteiger partial charge in [0.25, 0.3) is 0 Å². The summed E-state index contributed by atoms with van der Waals surface area (Å²) in [7, 11) is 1.41. The largest absolute Gasteiger partial charge is 0.496 e. The fourth-order valence-corrected chi connectivity index (χ4v) is 4.61. The molecule has 1 aliphatic heterocycles. The highest BCUT2D eigenvalue weighted by molar-refractivity contribution is 5.85. The number of nitrogens with two attached hydrogens (primary N) is 1. The molecule has 5 rings (SSSR count). The van der Waals surface area contributed by atoms with Crippen molar-refractivity contribution in [3.8, 4) is 28.3 Å². The van der Waals surface area contributed by atoms with E-state index in [4.69, 9.17) is 10.5 Å². The van der Waals surface area contributed by atoms with E-state index in [1.165, 1.54) is 44.0 Å². The van der Waals surface area contributed by atoms with Crippen molar-refractivity contribution in [3.05, 3.63) is 60.9 Å². The summed E-state index contributed by atoms with van der Waals surface area (Å²) in [5.41, 5.74) is 7.50. The van der Waals surface area contributed by atoms with Gasteiger partial charge >= 0.3 is 6.18 Å². The maximum atomic E-state index is 14.6. The van der Waals surface area contributed by atoms with Crippen LogP contribution < -0.4 is 20.7 Å². The van der Waals surface area contributed by atoms with Crippen molar-refractivity contribution in [2.75, 3.05) is 30.4 Å². The van der Waals surface area contributed by atoms with Crippen LogP contribution in [0.15, 0.2) is 55.1 Å². The highest BCUT2D eigenvalue weighted by atomic mass is 35.5. The average molecular weight is 597 g/mol. The zero-order valence-corrected chi connectivity index (χ0v) is 22.5. The summed E-state index contributed by atoms with van der Waals surface area (Å²) in [6.07, 6.45) is 0.0387. The molecule has 41 heavy (non-hydrogen) atoms. The summed E-state index contributed by atoms with van der Waals surface area (Å²) < 4.78 is 73.8. The van der Waals surface area contributed by atoms with Crippen molar-refractivity contribution in [2.45, 2.75) is 31.4 Å². The van der Waals surface area contributed by atoms with Crippen LogP contribution in [-0.2, 0) is 6.54 Å². The number of halogens is 6. The fourth-order valence-electron chi connectivity index (χ4n) is 4.61. The molecule has 9 nitrogen and oxygen atoms in total. The Bertz CT molecular complexity index is 1490. The van der Waals surface area contributed by atoms with Crippen LogP contribution in [0, 0.1) is 5.82 Å².